The first-order valence-electron chi connectivity index (χ1n) is 6.81. The standard InChI is InChI=1S/C14H21BrN2OS/c1-11(14(18)17-8-4-3-5-9-17)16(2)10-12-6-7-13(15)19-12/h6-7,11H,3-5,8-10H2,1-2H3. The van der Waals surface area contributed by atoms with Gasteiger partial charge >= 0.3 is 0 Å². The molecule has 0 aliphatic carbocycles. The van der Waals surface area contributed by atoms with Crippen molar-refractivity contribution in [2.75, 3.05) is 20.1 Å². The van der Waals surface area contributed by atoms with E-state index < -0.39 is 0 Å². The van der Waals surface area contributed by atoms with E-state index in [0.29, 0.717) is 0 Å². The second-order valence-corrected chi connectivity index (χ2v) is 7.73. The molecule has 1 fully saturated rings. The number of thiophene rings is 1. The Balaban J connectivity index is 1.90. The molecule has 19 heavy (non-hydrogen) atoms. The SMILES string of the molecule is CC(C(=O)N1CCCCC1)N(C)Cc1ccc(Br)s1. The molecule has 1 aliphatic heterocycles. The molecule has 0 radical (unpaired) electrons. The third-order valence-corrected chi connectivity index (χ3v) is 5.33. The van der Waals surface area contributed by atoms with Crippen LogP contribution in [0, 0.1) is 0 Å². The van der Waals surface area contributed by atoms with E-state index >= 15 is 0 Å². The minimum atomic E-state index is -0.0426. The molecule has 0 N–H and O–H groups in total. The molecule has 106 valence electrons. The van der Waals surface area contributed by atoms with E-state index in [4.69, 9.17) is 0 Å². The molecular formula is C14H21BrN2OS. The maximum atomic E-state index is 12.4. The number of halogens is 1. The van der Waals surface area contributed by atoms with Crippen LogP contribution in [-0.2, 0) is 11.3 Å². The van der Waals surface area contributed by atoms with Crippen molar-refractivity contribution in [3.63, 3.8) is 0 Å². The maximum Gasteiger partial charge on any atom is 0.239 e. The van der Waals surface area contributed by atoms with Gasteiger partial charge in [-0.15, -0.1) is 11.3 Å². The van der Waals surface area contributed by atoms with E-state index in [-0.39, 0.29) is 11.9 Å². The number of carbonyl (C=O) groups is 1. The molecule has 1 atom stereocenters. The number of hydrogen-bond donors (Lipinski definition) is 0. The molecule has 1 aliphatic rings. The fourth-order valence-corrected chi connectivity index (χ4v) is 3.93. The Morgan fingerprint density at radius 1 is 1.42 bits per heavy atom. The van der Waals surface area contributed by atoms with E-state index in [0.717, 1.165) is 36.3 Å². The van der Waals surface area contributed by atoms with Crippen molar-refractivity contribution in [1.29, 1.82) is 0 Å². The summed E-state index contributed by atoms with van der Waals surface area (Å²) in [4.78, 5) is 17.9. The van der Waals surface area contributed by atoms with Crippen molar-refractivity contribution >= 4 is 33.2 Å². The van der Waals surface area contributed by atoms with Crippen LogP contribution in [0.1, 0.15) is 31.1 Å². The van der Waals surface area contributed by atoms with E-state index in [1.54, 1.807) is 11.3 Å². The van der Waals surface area contributed by atoms with Gasteiger partial charge in [-0.25, -0.2) is 0 Å². The fraction of sp³-hybridized carbons (Fsp3) is 0.643. The molecule has 0 spiro atoms. The van der Waals surface area contributed by atoms with Crippen LogP contribution in [0.5, 0.6) is 0 Å². The Morgan fingerprint density at radius 3 is 2.68 bits per heavy atom. The lowest BCUT2D eigenvalue weighted by molar-refractivity contribution is -0.137. The molecule has 0 bridgehead atoms. The molecule has 5 heteroatoms. The van der Waals surface area contributed by atoms with Crippen molar-refractivity contribution in [1.82, 2.24) is 9.80 Å². The van der Waals surface area contributed by atoms with Crippen LogP contribution < -0.4 is 0 Å². The van der Waals surface area contributed by atoms with Crippen molar-refractivity contribution in [2.24, 2.45) is 0 Å². The molecule has 2 rings (SSSR count). The van der Waals surface area contributed by atoms with Crippen molar-refractivity contribution in [3.8, 4) is 0 Å². The van der Waals surface area contributed by atoms with Crippen LogP contribution in [0.3, 0.4) is 0 Å². The highest BCUT2D eigenvalue weighted by Gasteiger charge is 2.25. The van der Waals surface area contributed by atoms with Gasteiger partial charge in [0.05, 0.1) is 9.83 Å². The molecule has 0 saturated carbocycles. The topological polar surface area (TPSA) is 23.6 Å². The largest absolute Gasteiger partial charge is 0.341 e. The van der Waals surface area contributed by atoms with Gasteiger partial charge in [0.25, 0.3) is 0 Å². The number of rotatable bonds is 4. The smallest absolute Gasteiger partial charge is 0.239 e. The summed E-state index contributed by atoms with van der Waals surface area (Å²) in [6.07, 6.45) is 3.57. The maximum absolute atomic E-state index is 12.4. The minimum absolute atomic E-state index is 0.0426. The van der Waals surface area contributed by atoms with E-state index in [9.17, 15) is 4.79 Å². The number of likely N-dealkylation sites (N-methyl/N-ethyl adjacent to an activating group) is 1. The van der Waals surface area contributed by atoms with Crippen LogP contribution in [-0.4, -0.2) is 41.9 Å². The van der Waals surface area contributed by atoms with Gasteiger partial charge in [0.15, 0.2) is 0 Å². The molecule has 1 amide bonds. The lowest BCUT2D eigenvalue weighted by Crippen LogP contribution is -2.47. The van der Waals surface area contributed by atoms with Crippen LogP contribution in [0.15, 0.2) is 15.9 Å². The second-order valence-electron chi connectivity index (χ2n) is 5.18. The highest BCUT2D eigenvalue weighted by atomic mass is 79.9. The molecule has 1 aromatic rings. The first-order chi connectivity index (χ1) is 9.08. The first kappa shape index (κ1) is 15.0. The minimum Gasteiger partial charge on any atom is -0.341 e. The van der Waals surface area contributed by atoms with E-state index in [1.165, 1.54) is 11.3 Å². The number of hydrogen-bond acceptors (Lipinski definition) is 3. The summed E-state index contributed by atoms with van der Waals surface area (Å²) in [6, 6.07) is 4.13. The molecule has 1 saturated heterocycles. The summed E-state index contributed by atoms with van der Waals surface area (Å²) in [5.74, 6) is 0.276. The van der Waals surface area contributed by atoms with E-state index in [2.05, 4.69) is 33.0 Å². The highest BCUT2D eigenvalue weighted by molar-refractivity contribution is 9.11. The summed E-state index contributed by atoms with van der Waals surface area (Å²) in [7, 11) is 2.03. The number of piperidine rings is 1. The zero-order chi connectivity index (χ0) is 13.8. The molecule has 0 aromatic carbocycles. The van der Waals surface area contributed by atoms with Gasteiger partial charge in [0.2, 0.25) is 5.91 Å². The zero-order valence-electron chi connectivity index (χ0n) is 11.6. The molecule has 3 nitrogen and oxygen atoms in total. The van der Waals surface area contributed by atoms with Crippen LogP contribution >= 0.6 is 27.3 Å². The highest BCUT2D eigenvalue weighted by Crippen LogP contribution is 2.23. The predicted octanol–water partition coefficient (Wildman–Crippen LogP) is 3.34. The van der Waals surface area contributed by atoms with Crippen molar-refractivity contribution < 1.29 is 4.79 Å². The third-order valence-electron chi connectivity index (χ3n) is 3.72. The third kappa shape index (κ3) is 4.04. The number of amides is 1. The van der Waals surface area contributed by atoms with Gasteiger partial charge in [-0.2, -0.15) is 0 Å². The quantitative estimate of drug-likeness (QED) is 0.836. The Hall–Kier alpha value is -0.390. The van der Waals surface area contributed by atoms with Gasteiger partial charge in [-0.1, -0.05) is 0 Å². The summed E-state index contributed by atoms with van der Waals surface area (Å²) in [5, 5.41) is 0. The normalized spacial score (nSPS) is 17.8. The monoisotopic (exact) mass is 344 g/mol. The molecule has 1 unspecified atom stereocenters. The number of likely N-dealkylation sites (tertiary alicyclic amines) is 1. The average Bonchev–Trinajstić information content (AvgIpc) is 2.83. The Bertz CT molecular complexity index is 429. The lowest BCUT2D eigenvalue weighted by atomic mass is 10.1. The van der Waals surface area contributed by atoms with Gasteiger partial charge in [-0.3, -0.25) is 9.69 Å². The van der Waals surface area contributed by atoms with Gasteiger partial charge < -0.3 is 4.90 Å². The summed E-state index contributed by atoms with van der Waals surface area (Å²) in [6.45, 7) is 4.71. The summed E-state index contributed by atoms with van der Waals surface area (Å²) in [5.41, 5.74) is 0. The van der Waals surface area contributed by atoms with Gasteiger partial charge in [0, 0.05) is 24.5 Å². The van der Waals surface area contributed by atoms with Crippen molar-refractivity contribution in [2.45, 2.75) is 38.8 Å². The van der Waals surface area contributed by atoms with Gasteiger partial charge in [0.1, 0.15) is 0 Å². The van der Waals surface area contributed by atoms with Crippen LogP contribution in [0.25, 0.3) is 0 Å². The Kier molecular flexibility index (Phi) is 5.42. The first-order valence-corrected chi connectivity index (χ1v) is 8.42. The Labute approximate surface area is 127 Å². The van der Waals surface area contributed by atoms with Gasteiger partial charge in [-0.05, 0) is 61.3 Å². The van der Waals surface area contributed by atoms with Crippen molar-refractivity contribution in [3.05, 3.63) is 20.8 Å². The molecule has 2 heterocycles. The number of nitrogens with zero attached hydrogens (tertiary/aromatic N) is 2. The second kappa shape index (κ2) is 6.86. The number of carbonyl (C=O) groups excluding carboxylic acids is 1. The fourth-order valence-electron chi connectivity index (χ4n) is 2.39. The van der Waals surface area contributed by atoms with E-state index in [1.807, 2.05) is 18.9 Å². The predicted molar refractivity (Wildman–Crippen MR) is 83.4 cm³/mol. The summed E-state index contributed by atoms with van der Waals surface area (Å²) < 4.78 is 1.14. The summed E-state index contributed by atoms with van der Waals surface area (Å²) >= 11 is 5.21. The van der Waals surface area contributed by atoms with Crippen LogP contribution in [0.4, 0.5) is 0 Å². The molecule has 1 aromatic heterocycles. The zero-order valence-corrected chi connectivity index (χ0v) is 14.0. The van der Waals surface area contributed by atoms with Crippen LogP contribution in [0.2, 0.25) is 0 Å². The molecular weight excluding hydrogens is 324 g/mol. The lowest BCUT2D eigenvalue weighted by Gasteiger charge is -2.32. The Morgan fingerprint density at radius 2 is 2.11 bits per heavy atom. The average molecular weight is 345 g/mol.